The van der Waals surface area contributed by atoms with Crippen molar-refractivity contribution >= 4 is 0 Å². The van der Waals surface area contributed by atoms with Crippen LogP contribution < -0.4 is 4.74 Å². The third kappa shape index (κ3) is 1.69. The van der Waals surface area contributed by atoms with Crippen LogP contribution in [0.4, 0.5) is 0 Å². The zero-order valence-corrected chi connectivity index (χ0v) is 10.1. The Labute approximate surface area is 95.7 Å². The molecule has 0 amide bonds. The fourth-order valence-corrected chi connectivity index (χ4v) is 1.95. The van der Waals surface area contributed by atoms with Gasteiger partial charge in [-0.05, 0) is 31.5 Å². The summed E-state index contributed by atoms with van der Waals surface area (Å²) in [7, 11) is 3.64. The molecule has 3 nitrogen and oxygen atoms in total. The summed E-state index contributed by atoms with van der Waals surface area (Å²) in [6, 6.07) is 8.08. The van der Waals surface area contributed by atoms with Crippen molar-refractivity contribution in [2.75, 3.05) is 7.11 Å². The smallest absolute Gasteiger partial charge is 0.118 e. The number of hydrogen-bond donors (Lipinski definition) is 0. The van der Waals surface area contributed by atoms with Crippen molar-refractivity contribution in [3.8, 4) is 16.9 Å². The highest BCUT2D eigenvalue weighted by Crippen LogP contribution is 2.27. The van der Waals surface area contributed by atoms with Gasteiger partial charge in [0.2, 0.25) is 0 Å². The van der Waals surface area contributed by atoms with Crippen LogP contribution in [0.25, 0.3) is 11.1 Å². The van der Waals surface area contributed by atoms with Gasteiger partial charge in [0.1, 0.15) is 5.75 Å². The number of benzene rings is 1. The number of aryl methyl sites for hydroxylation is 2. The minimum absolute atomic E-state index is 0.878. The molecule has 1 aromatic carbocycles. The highest BCUT2D eigenvalue weighted by molar-refractivity contribution is 5.68. The molecule has 0 spiro atoms. The van der Waals surface area contributed by atoms with Crippen molar-refractivity contribution in [1.82, 2.24) is 9.78 Å². The van der Waals surface area contributed by atoms with E-state index >= 15 is 0 Å². The summed E-state index contributed by atoms with van der Waals surface area (Å²) < 4.78 is 7.06. The van der Waals surface area contributed by atoms with Crippen molar-refractivity contribution in [3.05, 3.63) is 35.7 Å². The lowest BCUT2D eigenvalue weighted by molar-refractivity contribution is 0.415. The van der Waals surface area contributed by atoms with Crippen LogP contribution in [0, 0.1) is 13.8 Å². The average Bonchev–Trinajstić information content (AvgIpc) is 2.54. The van der Waals surface area contributed by atoms with Gasteiger partial charge in [-0.15, -0.1) is 0 Å². The van der Waals surface area contributed by atoms with Gasteiger partial charge in [-0.3, -0.25) is 4.68 Å². The molecule has 0 saturated carbocycles. The maximum atomic E-state index is 5.15. The fourth-order valence-electron chi connectivity index (χ4n) is 1.95. The fraction of sp³-hybridized carbons (Fsp3) is 0.308. The van der Waals surface area contributed by atoms with Gasteiger partial charge in [0.05, 0.1) is 12.8 Å². The van der Waals surface area contributed by atoms with E-state index in [0.29, 0.717) is 0 Å². The largest absolute Gasteiger partial charge is 0.497 e. The molecule has 1 aromatic heterocycles. The van der Waals surface area contributed by atoms with Crippen LogP contribution in [0.15, 0.2) is 24.3 Å². The first kappa shape index (κ1) is 10.7. The molecule has 2 rings (SSSR count). The second-order valence-corrected chi connectivity index (χ2v) is 3.90. The number of nitrogens with zero attached hydrogens (tertiary/aromatic N) is 2. The van der Waals surface area contributed by atoms with Gasteiger partial charge in [-0.25, -0.2) is 0 Å². The minimum atomic E-state index is 0.878. The molecular formula is C13H16N2O. The lowest BCUT2D eigenvalue weighted by Crippen LogP contribution is -1.92. The molecule has 0 atom stereocenters. The van der Waals surface area contributed by atoms with Crippen LogP contribution in [0.5, 0.6) is 5.75 Å². The van der Waals surface area contributed by atoms with Gasteiger partial charge < -0.3 is 4.74 Å². The van der Waals surface area contributed by atoms with E-state index in [1.54, 1.807) is 7.11 Å². The van der Waals surface area contributed by atoms with E-state index in [9.17, 15) is 0 Å². The molecule has 3 heteroatoms. The van der Waals surface area contributed by atoms with E-state index in [-0.39, 0.29) is 0 Å². The van der Waals surface area contributed by atoms with Gasteiger partial charge in [-0.1, -0.05) is 12.1 Å². The summed E-state index contributed by atoms with van der Waals surface area (Å²) in [5.74, 6) is 0.878. The van der Waals surface area contributed by atoms with Crippen molar-refractivity contribution in [2.45, 2.75) is 13.8 Å². The summed E-state index contributed by atoms with van der Waals surface area (Å²) >= 11 is 0. The van der Waals surface area contributed by atoms with Crippen LogP contribution in [0.3, 0.4) is 0 Å². The van der Waals surface area contributed by atoms with Gasteiger partial charge in [0.15, 0.2) is 0 Å². The molecule has 0 saturated heterocycles. The van der Waals surface area contributed by atoms with Crippen molar-refractivity contribution in [1.29, 1.82) is 0 Å². The minimum Gasteiger partial charge on any atom is -0.497 e. The van der Waals surface area contributed by atoms with E-state index in [0.717, 1.165) is 11.4 Å². The standard InChI is InChI=1S/C13H16N2O/c1-9-13(10(2)15(3)14-9)11-5-7-12(16-4)8-6-11/h5-8H,1-4H3. The third-order valence-corrected chi connectivity index (χ3v) is 2.89. The second kappa shape index (κ2) is 4.00. The van der Waals surface area contributed by atoms with Crippen molar-refractivity contribution in [2.24, 2.45) is 7.05 Å². The van der Waals surface area contributed by atoms with Crippen molar-refractivity contribution in [3.63, 3.8) is 0 Å². The van der Waals surface area contributed by atoms with Crippen LogP contribution >= 0.6 is 0 Å². The Balaban J connectivity index is 2.50. The molecule has 84 valence electrons. The Morgan fingerprint density at radius 1 is 1.12 bits per heavy atom. The maximum Gasteiger partial charge on any atom is 0.118 e. The second-order valence-electron chi connectivity index (χ2n) is 3.90. The Kier molecular flexibility index (Phi) is 2.69. The molecule has 0 aliphatic carbocycles. The lowest BCUT2D eigenvalue weighted by Gasteiger charge is -2.04. The van der Waals surface area contributed by atoms with Crippen LogP contribution in [-0.4, -0.2) is 16.9 Å². The maximum absolute atomic E-state index is 5.15. The van der Waals surface area contributed by atoms with Crippen LogP contribution in [-0.2, 0) is 7.05 Å². The first-order chi connectivity index (χ1) is 7.63. The number of hydrogen-bond acceptors (Lipinski definition) is 2. The molecule has 0 radical (unpaired) electrons. The Morgan fingerprint density at radius 3 is 2.19 bits per heavy atom. The molecule has 16 heavy (non-hydrogen) atoms. The van der Waals surface area contributed by atoms with E-state index < -0.39 is 0 Å². The van der Waals surface area contributed by atoms with Crippen molar-refractivity contribution < 1.29 is 4.74 Å². The normalized spacial score (nSPS) is 10.5. The topological polar surface area (TPSA) is 27.1 Å². The van der Waals surface area contributed by atoms with Gasteiger partial charge in [0.25, 0.3) is 0 Å². The zero-order chi connectivity index (χ0) is 11.7. The molecule has 0 N–H and O–H groups in total. The monoisotopic (exact) mass is 216 g/mol. The molecule has 0 aliphatic rings. The highest BCUT2D eigenvalue weighted by Gasteiger charge is 2.10. The van der Waals surface area contributed by atoms with Gasteiger partial charge in [0, 0.05) is 18.3 Å². The molecule has 0 fully saturated rings. The van der Waals surface area contributed by atoms with Crippen LogP contribution in [0.1, 0.15) is 11.4 Å². The van der Waals surface area contributed by atoms with Gasteiger partial charge in [-0.2, -0.15) is 5.10 Å². The Morgan fingerprint density at radius 2 is 1.75 bits per heavy atom. The van der Waals surface area contributed by atoms with E-state index in [1.807, 2.05) is 30.8 Å². The molecular weight excluding hydrogens is 200 g/mol. The number of aromatic nitrogens is 2. The van der Waals surface area contributed by atoms with Gasteiger partial charge >= 0.3 is 0 Å². The predicted molar refractivity (Wildman–Crippen MR) is 64.7 cm³/mol. The van der Waals surface area contributed by atoms with Crippen LogP contribution in [0.2, 0.25) is 0 Å². The molecule has 0 aliphatic heterocycles. The van der Waals surface area contributed by atoms with E-state index in [4.69, 9.17) is 4.74 Å². The Hall–Kier alpha value is -1.77. The summed E-state index contributed by atoms with van der Waals surface area (Å²) in [5.41, 5.74) is 4.64. The first-order valence-corrected chi connectivity index (χ1v) is 5.28. The third-order valence-electron chi connectivity index (χ3n) is 2.89. The summed E-state index contributed by atoms with van der Waals surface area (Å²) in [5, 5.41) is 4.41. The van der Waals surface area contributed by atoms with E-state index in [2.05, 4.69) is 24.2 Å². The summed E-state index contributed by atoms with van der Waals surface area (Å²) in [6.45, 7) is 4.12. The Bertz CT molecular complexity index is 497. The number of ether oxygens (including phenoxy) is 1. The molecule has 0 unspecified atom stereocenters. The zero-order valence-electron chi connectivity index (χ0n) is 10.1. The molecule has 2 aromatic rings. The summed E-state index contributed by atoms with van der Waals surface area (Å²) in [6.07, 6.45) is 0. The number of rotatable bonds is 2. The molecule has 0 bridgehead atoms. The predicted octanol–water partition coefficient (Wildman–Crippen LogP) is 2.71. The number of methoxy groups -OCH3 is 1. The molecule has 1 heterocycles. The SMILES string of the molecule is COc1ccc(-c2c(C)nn(C)c2C)cc1. The quantitative estimate of drug-likeness (QED) is 0.771. The lowest BCUT2D eigenvalue weighted by atomic mass is 10.0. The first-order valence-electron chi connectivity index (χ1n) is 5.28. The van der Waals surface area contributed by atoms with E-state index in [1.165, 1.54) is 16.8 Å². The average molecular weight is 216 g/mol. The highest BCUT2D eigenvalue weighted by atomic mass is 16.5. The summed E-state index contributed by atoms with van der Waals surface area (Å²) in [4.78, 5) is 0.